The number of nitrogens with zero attached hydrogens (tertiary/aromatic N) is 2. The topological polar surface area (TPSA) is 80.6 Å². The number of unbranched alkanes of at least 4 members (excludes halogenated alkanes) is 1. The maximum Gasteiger partial charge on any atom is 0.317 e. The normalized spacial score (nSPS) is 15.4. The van der Waals surface area contributed by atoms with Crippen molar-refractivity contribution in [3.05, 3.63) is 70.6 Å². The lowest BCUT2D eigenvalue weighted by atomic mass is 9.73. The van der Waals surface area contributed by atoms with E-state index in [4.69, 9.17) is 4.74 Å². The molecule has 30 heavy (non-hydrogen) atoms. The Morgan fingerprint density at radius 2 is 1.73 bits per heavy atom. The zero-order chi connectivity index (χ0) is 21.4. The van der Waals surface area contributed by atoms with Gasteiger partial charge in [-0.05, 0) is 37.3 Å². The fraction of sp³-hybridized carbons (Fsp3) is 0.435. The van der Waals surface area contributed by atoms with Gasteiger partial charge >= 0.3 is 12.0 Å². The first kappa shape index (κ1) is 21.6. The van der Waals surface area contributed by atoms with Crippen LogP contribution in [0.4, 0.5) is 4.79 Å². The van der Waals surface area contributed by atoms with E-state index < -0.39 is 5.41 Å². The van der Waals surface area contributed by atoms with Crippen molar-refractivity contribution in [1.82, 2.24) is 14.8 Å². The van der Waals surface area contributed by atoms with E-state index in [9.17, 15) is 14.4 Å². The van der Waals surface area contributed by atoms with Gasteiger partial charge in [0, 0.05) is 38.4 Å². The molecule has 3 rings (SSSR count). The van der Waals surface area contributed by atoms with Gasteiger partial charge in [0.25, 0.3) is 0 Å². The Morgan fingerprint density at radius 3 is 2.40 bits per heavy atom. The van der Waals surface area contributed by atoms with E-state index in [1.165, 1.54) is 7.11 Å². The monoisotopic (exact) mass is 411 g/mol. The zero-order valence-electron chi connectivity index (χ0n) is 17.4. The van der Waals surface area contributed by atoms with E-state index in [1.54, 1.807) is 27.8 Å². The second-order valence-electron chi connectivity index (χ2n) is 7.60. The number of carbonyl (C=O) groups excluding carboxylic acids is 2. The van der Waals surface area contributed by atoms with Gasteiger partial charge in [-0.25, -0.2) is 4.79 Å². The molecule has 2 aromatic rings. The van der Waals surface area contributed by atoms with E-state index in [-0.39, 0.29) is 17.6 Å². The molecule has 1 aliphatic heterocycles. The predicted octanol–water partition coefficient (Wildman–Crippen LogP) is 2.54. The van der Waals surface area contributed by atoms with Crippen molar-refractivity contribution in [2.45, 2.75) is 37.6 Å². The summed E-state index contributed by atoms with van der Waals surface area (Å²) in [5.41, 5.74) is 0.228. The van der Waals surface area contributed by atoms with Crippen molar-refractivity contribution in [3.8, 4) is 0 Å². The Kier molecular flexibility index (Phi) is 7.27. The fourth-order valence-corrected chi connectivity index (χ4v) is 4.01. The molecular weight excluding hydrogens is 382 g/mol. The molecule has 0 spiro atoms. The molecule has 7 nitrogen and oxygen atoms in total. The van der Waals surface area contributed by atoms with E-state index in [0.717, 1.165) is 18.4 Å². The third-order valence-electron chi connectivity index (χ3n) is 5.81. The number of esters is 1. The van der Waals surface area contributed by atoms with Gasteiger partial charge in [-0.3, -0.25) is 9.59 Å². The Balaban J connectivity index is 1.47. The molecule has 2 heterocycles. The molecule has 2 amide bonds. The highest BCUT2D eigenvalue weighted by Crippen LogP contribution is 2.36. The van der Waals surface area contributed by atoms with Gasteiger partial charge < -0.3 is 19.5 Å². The lowest BCUT2D eigenvalue weighted by Gasteiger charge is -2.40. The number of carbonyl (C=O) groups is 2. The summed E-state index contributed by atoms with van der Waals surface area (Å²) in [5, 5.41) is 2.95. The third-order valence-corrected chi connectivity index (χ3v) is 5.81. The zero-order valence-corrected chi connectivity index (χ0v) is 17.4. The number of pyridine rings is 1. The summed E-state index contributed by atoms with van der Waals surface area (Å²) < 4.78 is 6.77. The number of hydrogen-bond donors (Lipinski definition) is 1. The average Bonchev–Trinajstić information content (AvgIpc) is 2.80. The standard InChI is InChI=1S/C23H29N3O4/c1-30-21(28)23(19-9-3-2-4-10-19)12-17-26(18-13-23)22(29)24-14-6-8-16-25-15-7-5-11-20(25)27/h2-5,7,9-11,15H,6,8,12-14,16-18H2,1H3,(H,24,29). The van der Waals surface area contributed by atoms with Crippen molar-refractivity contribution < 1.29 is 14.3 Å². The molecule has 0 saturated carbocycles. The average molecular weight is 412 g/mol. The van der Waals surface area contributed by atoms with Crippen molar-refractivity contribution >= 4 is 12.0 Å². The molecule has 7 heteroatoms. The van der Waals surface area contributed by atoms with E-state index in [0.29, 0.717) is 39.0 Å². The third kappa shape index (κ3) is 4.90. The van der Waals surface area contributed by atoms with Gasteiger partial charge in [0.15, 0.2) is 0 Å². The van der Waals surface area contributed by atoms with Crippen molar-refractivity contribution in [3.63, 3.8) is 0 Å². The molecule has 0 aliphatic carbocycles. The maximum absolute atomic E-state index is 12.6. The Bertz CT molecular complexity index is 902. The number of aryl methyl sites for hydroxylation is 1. The van der Waals surface area contributed by atoms with Gasteiger partial charge in [0.05, 0.1) is 12.5 Å². The van der Waals surface area contributed by atoms with E-state index >= 15 is 0 Å². The number of piperidine rings is 1. The first-order valence-corrected chi connectivity index (χ1v) is 10.4. The van der Waals surface area contributed by atoms with Crippen LogP contribution >= 0.6 is 0 Å². The minimum atomic E-state index is -0.699. The largest absolute Gasteiger partial charge is 0.468 e. The molecule has 1 aromatic carbocycles. The van der Waals surface area contributed by atoms with Crippen LogP contribution in [0.1, 0.15) is 31.2 Å². The summed E-state index contributed by atoms with van der Waals surface area (Å²) in [6, 6.07) is 14.7. The lowest BCUT2D eigenvalue weighted by molar-refractivity contribution is -0.149. The number of amides is 2. The summed E-state index contributed by atoms with van der Waals surface area (Å²) in [6.45, 7) is 2.18. The lowest BCUT2D eigenvalue weighted by Crippen LogP contribution is -2.52. The number of urea groups is 1. The fourth-order valence-electron chi connectivity index (χ4n) is 4.01. The van der Waals surface area contributed by atoms with Gasteiger partial charge in [0.2, 0.25) is 5.56 Å². The van der Waals surface area contributed by atoms with Gasteiger partial charge in [0.1, 0.15) is 0 Å². The molecule has 1 N–H and O–H groups in total. The summed E-state index contributed by atoms with van der Waals surface area (Å²) in [7, 11) is 1.41. The molecule has 1 aliphatic rings. The van der Waals surface area contributed by atoms with Crippen molar-refractivity contribution in [2.75, 3.05) is 26.7 Å². The quantitative estimate of drug-likeness (QED) is 0.561. The van der Waals surface area contributed by atoms with Crippen LogP contribution in [0.25, 0.3) is 0 Å². The molecule has 1 fully saturated rings. The van der Waals surface area contributed by atoms with E-state index in [2.05, 4.69) is 5.32 Å². The number of likely N-dealkylation sites (tertiary alicyclic amines) is 1. The first-order chi connectivity index (χ1) is 14.6. The number of benzene rings is 1. The summed E-state index contributed by atoms with van der Waals surface area (Å²) >= 11 is 0. The number of nitrogens with one attached hydrogen (secondary N) is 1. The van der Waals surface area contributed by atoms with Gasteiger partial charge in [-0.15, -0.1) is 0 Å². The van der Waals surface area contributed by atoms with Crippen LogP contribution < -0.4 is 10.9 Å². The number of hydrogen-bond acceptors (Lipinski definition) is 4. The number of rotatable bonds is 7. The molecule has 1 saturated heterocycles. The summed E-state index contributed by atoms with van der Waals surface area (Å²) in [6.07, 6.45) is 4.44. The highest BCUT2D eigenvalue weighted by atomic mass is 16.5. The Morgan fingerprint density at radius 1 is 1.03 bits per heavy atom. The Hall–Kier alpha value is -3.09. The van der Waals surface area contributed by atoms with Crippen LogP contribution in [0.3, 0.4) is 0 Å². The highest BCUT2D eigenvalue weighted by molar-refractivity contribution is 5.84. The molecule has 0 bridgehead atoms. The van der Waals surface area contributed by atoms with Crippen LogP contribution in [-0.2, 0) is 21.5 Å². The van der Waals surface area contributed by atoms with Crippen LogP contribution in [-0.4, -0.2) is 48.2 Å². The van der Waals surface area contributed by atoms with Crippen LogP contribution in [0.5, 0.6) is 0 Å². The second-order valence-corrected chi connectivity index (χ2v) is 7.60. The number of methoxy groups -OCH3 is 1. The molecule has 1 aromatic heterocycles. The first-order valence-electron chi connectivity index (χ1n) is 10.4. The summed E-state index contributed by atoms with van der Waals surface area (Å²) in [4.78, 5) is 38.5. The van der Waals surface area contributed by atoms with Crippen molar-refractivity contribution in [1.29, 1.82) is 0 Å². The molecule has 0 atom stereocenters. The minimum Gasteiger partial charge on any atom is -0.468 e. The molecule has 0 radical (unpaired) electrons. The van der Waals surface area contributed by atoms with Gasteiger partial charge in [-0.2, -0.15) is 0 Å². The molecule has 160 valence electrons. The second kappa shape index (κ2) is 10.1. The SMILES string of the molecule is COC(=O)C1(c2ccccc2)CCN(C(=O)NCCCCn2ccccc2=O)CC1. The number of ether oxygens (including phenoxy) is 1. The minimum absolute atomic E-state index is 0.0117. The van der Waals surface area contributed by atoms with Crippen LogP contribution in [0.15, 0.2) is 59.5 Å². The molecule has 0 unspecified atom stereocenters. The highest BCUT2D eigenvalue weighted by Gasteiger charge is 2.44. The predicted molar refractivity (Wildman–Crippen MR) is 114 cm³/mol. The molecular formula is C23H29N3O4. The van der Waals surface area contributed by atoms with Crippen LogP contribution in [0, 0.1) is 0 Å². The van der Waals surface area contributed by atoms with E-state index in [1.807, 2.05) is 36.4 Å². The van der Waals surface area contributed by atoms with Gasteiger partial charge in [-0.1, -0.05) is 36.4 Å². The Labute approximate surface area is 176 Å². The van der Waals surface area contributed by atoms with Crippen molar-refractivity contribution in [2.24, 2.45) is 0 Å². The number of aromatic nitrogens is 1. The summed E-state index contributed by atoms with van der Waals surface area (Å²) in [5.74, 6) is -0.245. The van der Waals surface area contributed by atoms with Crippen LogP contribution in [0.2, 0.25) is 0 Å². The maximum atomic E-state index is 12.6. The smallest absolute Gasteiger partial charge is 0.317 e.